The zero-order chi connectivity index (χ0) is 11.6. The summed E-state index contributed by atoms with van der Waals surface area (Å²) >= 11 is 0. The van der Waals surface area contributed by atoms with E-state index in [4.69, 9.17) is 13.3 Å². The Balaban J connectivity index is -0.000000845. The number of aliphatic hydroxyl groups excluding tert-OH is 1. The van der Waals surface area contributed by atoms with Gasteiger partial charge in [0, 0.05) is 0 Å². The van der Waals surface area contributed by atoms with Gasteiger partial charge < -0.3 is 18.1 Å². The second kappa shape index (κ2) is 7.04. The Kier molecular flexibility index (Phi) is 9.57. The van der Waals surface area contributed by atoms with E-state index in [1.54, 1.807) is 13.1 Å². The molecule has 0 amide bonds. The van der Waals surface area contributed by atoms with Crippen LogP contribution in [-0.2, 0) is 8.23 Å². The second-order valence-electron chi connectivity index (χ2n) is 4.97. The number of hydrogen-bond acceptors (Lipinski definition) is 4. The molecule has 0 radical (unpaired) electrons. The molecule has 4 nitrogen and oxygen atoms in total. The van der Waals surface area contributed by atoms with E-state index < -0.39 is 25.4 Å². The van der Waals surface area contributed by atoms with Gasteiger partial charge >= 0.3 is 17.1 Å². The third-order valence-corrected chi connectivity index (χ3v) is 10.3. The molecule has 16 heavy (non-hydrogen) atoms. The van der Waals surface area contributed by atoms with Crippen molar-refractivity contribution in [3.63, 3.8) is 0 Å². The van der Waals surface area contributed by atoms with Gasteiger partial charge in [-0.2, -0.15) is 0 Å². The molecule has 0 bridgehead atoms. The quantitative estimate of drug-likeness (QED) is 0.762. The van der Waals surface area contributed by atoms with Crippen molar-refractivity contribution in [2.24, 2.45) is 0 Å². The summed E-state index contributed by atoms with van der Waals surface area (Å²) in [6, 6.07) is 0. The van der Waals surface area contributed by atoms with Gasteiger partial charge in [-0.05, 0) is 39.3 Å². The molecule has 0 aromatic rings. The number of hydrogen-bond donors (Lipinski definition) is 2. The molecule has 0 unspecified atom stereocenters. The summed E-state index contributed by atoms with van der Waals surface area (Å²) < 4.78 is 11.4. The maximum absolute atomic E-state index is 9.65. The van der Waals surface area contributed by atoms with Crippen LogP contribution in [0.25, 0.3) is 0 Å². The first-order valence-electron chi connectivity index (χ1n) is 4.71. The first-order chi connectivity index (χ1) is 5.97. The molecule has 102 valence electrons. The lowest BCUT2D eigenvalue weighted by molar-refractivity contribution is 0.296. The average molecular weight is 287 g/mol. The minimum absolute atomic E-state index is 0. The van der Waals surface area contributed by atoms with E-state index in [-0.39, 0.29) is 21.1 Å². The Labute approximate surface area is 104 Å². The van der Waals surface area contributed by atoms with E-state index in [0.717, 1.165) is 0 Å². The minimum Gasteiger partial charge on any atom is -0.435 e. The Hall–Kier alpha value is 0.491. The fourth-order valence-electron chi connectivity index (χ4n) is 1.32. The monoisotopic (exact) mass is 286 g/mol. The largest absolute Gasteiger partial charge is 0.435 e. The molecule has 0 saturated carbocycles. The minimum atomic E-state index is -2.53. The third-order valence-electron chi connectivity index (χ3n) is 1.40. The fraction of sp³-hybridized carbons (Fsp3) is 1.00. The second-order valence-corrected chi connectivity index (χ2v) is 16.1. The highest BCUT2D eigenvalue weighted by Crippen LogP contribution is 2.18. The molecule has 0 aromatic carbocycles. The summed E-state index contributed by atoms with van der Waals surface area (Å²) in [4.78, 5) is 9.65. The van der Waals surface area contributed by atoms with E-state index in [9.17, 15) is 4.80 Å². The zero-order valence-corrected chi connectivity index (χ0v) is 12.9. The molecule has 0 aromatic heterocycles. The molecule has 0 heterocycles. The maximum atomic E-state index is 9.65. The van der Waals surface area contributed by atoms with Crippen molar-refractivity contribution in [1.29, 1.82) is 0 Å². The van der Waals surface area contributed by atoms with E-state index >= 15 is 0 Å². The van der Waals surface area contributed by atoms with Gasteiger partial charge in [-0.3, -0.25) is 0 Å². The molecule has 0 aliphatic heterocycles. The van der Waals surface area contributed by atoms with Crippen molar-refractivity contribution >= 4 is 25.4 Å². The topological polar surface area (TPSA) is 58.9 Å². The van der Waals surface area contributed by atoms with Crippen LogP contribution in [-0.4, -0.2) is 41.6 Å². The summed E-state index contributed by atoms with van der Waals surface area (Å²) in [5, 5.41) is 9.11. The van der Waals surface area contributed by atoms with Crippen LogP contribution in [0.1, 0.15) is 14.9 Å². The SMILES string of the molecule is C.C.C[Si](C)(O)O[Si](C)(C)O[Si](C)(C)CO. The van der Waals surface area contributed by atoms with Crippen molar-refractivity contribution in [1.82, 2.24) is 0 Å². The molecular weight excluding hydrogens is 256 g/mol. The highest BCUT2D eigenvalue weighted by Gasteiger charge is 2.38. The molecule has 0 aliphatic carbocycles. The van der Waals surface area contributed by atoms with Gasteiger partial charge in [-0.25, -0.2) is 0 Å². The summed E-state index contributed by atoms with van der Waals surface area (Å²) in [5.41, 5.74) is 0. The molecule has 0 atom stereocenters. The van der Waals surface area contributed by atoms with Crippen LogP contribution in [0.4, 0.5) is 0 Å². The Bertz CT molecular complexity index is 190. The lowest BCUT2D eigenvalue weighted by atomic mass is 11.7. The van der Waals surface area contributed by atoms with Gasteiger partial charge in [-0.15, -0.1) is 0 Å². The highest BCUT2D eigenvalue weighted by atomic mass is 28.5. The lowest BCUT2D eigenvalue weighted by Crippen LogP contribution is -2.53. The molecule has 0 aliphatic rings. The van der Waals surface area contributed by atoms with Crippen molar-refractivity contribution < 1.29 is 18.1 Å². The van der Waals surface area contributed by atoms with Gasteiger partial charge in [0.2, 0.25) is 8.32 Å². The van der Waals surface area contributed by atoms with E-state index in [0.29, 0.717) is 0 Å². The number of rotatable bonds is 5. The van der Waals surface area contributed by atoms with Gasteiger partial charge in [0.1, 0.15) is 0 Å². The van der Waals surface area contributed by atoms with Crippen LogP contribution in [0.5, 0.6) is 0 Å². The van der Waals surface area contributed by atoms with Crippen molar-refractivity contribution in [3.05, 3.63) is 0 Å². The van der Waals surface area contributed by atoms with E-state index in [2.05, 4.69) is 0 Å². The van der Waals surface area contributed by atoms with E-state index in [1.165, 1.54) is 0 Å². The normalized spacial score (nSPS) is 12.8. The number of aliphatic hydroxyl groups is 1. The van der Waals surface area contributed by atoms with E-state index in [1.807, 2.05) is 26.2 Å². The summed E-state index contributed by atoms with van der Waals surface area (Å²) in [6.45, 7) is 11.1. The first kappa shape index (κ1) is 21.7. The highest BCUT2D eigenvalue weighted by molar-refractivity contribution is 6.86. The molecule has 0 saturated heterocycles. The van der Waals surface area contributed by atoms with Crippen molar-refractivity contribution in [2.75, 3.05) is 6.23 Å². The first-order valence-corrected chi connectivity index (χ1v) is 13.5. The predicted octanol–water partition coefficient (Wildman–Crippen LogP) is 2.42. The lowest BCUT2D eigenvalue weighted by Gasteiger charge is -2.35. The van der Waals surface area contributed by atoms with Gasteiger partial charge in [-0.1, -0.05) is 14.9 Å². The Morgan fingerprint density at radius 1 is 0.875 bits per heavy atom. The Morgan fingerprint density at radius 3 is 1.50 bits per heavy atom. The van der Waals surface area contributed by atoms with Crippen LogP contribution in [0, 0.1) is 0 Å². The fourth-order valence-corrected chi connectivity index (χ4v) is 12.3. The van der Waals surface area contributed by atoms with Crippen LogP contribution >= 0.6 is 0 Å². The molecule has 0 fully saturated rings. The van der Waals surface area contributed by atoms with Crippen LogP contribution in [0.2, 0.25) is 39.3 Å². The van der Waals surface area contributed by atoms with Crippen LogP contribution < -0.4 is 0 Å². The molecule has 2 N–H and O–H groups in total. The molecule has 7 heteroatoms. The maximum Gasteiger partial charge on any atom is 0.320 e. The molecule has 0 rings (SSSR count). The molecular formula is C9H30O4Si3. The van der Waals surface area contributed by atoms with Gasteiger partial charge in [0.25, 0.3) is 0 Å². The van der Waals surface area contributed by atoms with Gasteiger partial charge in [0.15, 0.2) is 0 Å². The third kappa shape index (κ3) is 11.0. The van der Waals surface area contributed by atoms with Gasteiger partial charge in [0.05, 0.1) is 6.23 Å². The standard InChI is InChI=1S/C7H22O4Si3.2CH4/c1-12(2,7-8)10-14(5,6)11-13(3,4)9;;/h8-9H,7H2,1-6H3;2*1H4. The summed E-state index contributed by atoms with van der Waals surface area (Å²) in [7, 11) is -6.82. The summed E-state index contributed by atoms with van der Waals surface area (Å²) in [6.07, 6.45) is 0.0835. The predicted molar refractivity (Wildman–Crippen MR) is 77.4 cm³/mol. The Morgan fingerprint density at radius 2 is 1.25 bits per heavy atom. The summed E-state index contributed by atoms with van der Waals surface area (Å²) in [5.74, 6) is 0. The smallest absolute Gasteiger partial charge is 0.320 e. The average Bonchev–Trinajstić information content (AvgIpc) is 1.78. The molecule has 0 spiro atoms. The van der Waals surface area contributed by atoms with Crippen LogP contribution in [0.3, 0.4) is 0 Å². The van der Waals surface area contributed by atoms with Crippen molar-refractivity contribution in [2.45, 2.75) is 54.1 Å². The van der Waals surface area contributed by atoms with Crippen molar-refractivity contribution in [3.8, 4) is 0 Å². The zero-order valence-electron chi connectivity index (χ0n) is 9.92. The van der Waals surface area contributed by atoms with Crippen LogP contribution in [0.15, 0.2) is 0 Å².